The summed E-state index contributed by atoms with van der Waals surface area (Å²) in [4.78, 5) is 24.2. The third kappa shape index (κ3) is 4.30. The number of carbonyl (C=O) groups is 1. The second-order valence-corrected chi connectivity index (χ2v) is 8.07. The van der Waals surface area contributed by atoms with Gasteiger partial charge < -0.3 is 13.9 Å². The van der Waals surface area contributed by atoms with Crippen molar-refractivity contribution >= 4 is 27.0 Å². The normalized spacial score (nSPS) is 11.4. The smallest absolute Gasteiger partial charge is 0.342 e. The summed E-state index contributed by atoms with van der Waals surface area (Å²) < 4.78 is 38.8. The Balaban J connectivity index is 1.96. The lowest BCUT2D eigenvalue weighted by molar-refractivity contribution is 0.0470. The maximum atomic E-state index is 12.6. The first-order valence-corrected chi connectivity index (χ1v) is 10.1. The highest BCUT2D eigenvalue weighted by Gasteiger charge is 2.19. The number of esters is 1. The maximum Gasteiger partial charge on any atom is 0.342 e. The first kappa shape index (κ1) is 20.6. The van der Waals surface area contributed by atoms with Crippen molar-refractivity contribution in [1.82, 2.24) is 0 Å². The minimum Gasteiger partial charge on any atom is -0.496 e. The zero-order valence-corrected chi connectivity index (χ0v) is 16.8. The standard InChI is InChI=1S/C20H19NO7S/c1-11-6-15-13(8-19(22)28-18(15)7-12(11)2)10-27-20(23)16-9-14(29(21,24)25)4-5-17(16)26-3/h4-9H,10H2,1-3H3,(H2,21,24,25). The van der Waals surface area contributed by atoms with E-state index in [9.17, 15) is 18.0 Å². The predicted octanol–water partition coefficient (Wildman–Crippen LogP) is 2.42. The van der Waals surface area contributed by atoms with E-state index in [4.69, 9.17) is 19.0 Å². The Morgan fingerprint density at radius 1 is 1.10 bits per heavy atom. The molecule has 0 atom stereocenters. The lowest BCUT2D eigenvalue weighted by Crippen LogP contribution is -2.14. The van der Waals surface area contributed by atoms with Crippen LogP contribution in [0.5, 0.6) is 5.75 Å². The quantitative estimate of drug-likeness (QED) is 0.499. The molecule has 0 unspecified atom stereocenters. The molecule has 1 aromatic heterocycles. The van der Waals surface area contributed by atoms with Crippen LogP contribution >= 0.6 is 0 Å². The van der Waals surface area contributed by atoms with Crippen molar-refractivity contribution in [3.8, 4) is 5.75 Å². The molecule has 0 bridgehead atoms. The highest BCUT2D eigenvalue weighted by Crippen LogP contribution is 2.25. The van der Waals surface area contributed by atoms with Crippen molar-refractivity contribution in [3.05, 3.63) is 69.1 Å². The minimum absolute atomic E-state index is 0.0988. The fourth-order valence-electron chi connectivity index (χ4n) is 2.85. The predicted molar refractivity (Wildman–Crippen MR) is 105 cm³/mol. The first-order valence-electron chi connectivity index (χ1n) is 8.52. The topological polar surface area (TPSA) is 126 Å². The summed E-state index contributed by atoms with van der Waals surface area (Å²) in [5, 5.41) is 5.77. The number of hydrogen-bond donors (Lipinski definition) is 1. The molecule has 0 spiro atoms. The van der Waals surface area contributed by atoms with Crippen LogP contribution in [0.1, 0.15) is 27.0 Å². The maximum absolute atomic E-state index is 12.6. The van der Waals surface area contributed by atoms with Crippen molar-refractivity contribution in [2.75, 3.05) is 7.11 Å². The summed E-state index contributed by atoms with van der Waals surface area (Å²) in [6.45, 7) is 3.59. The SMILES string of the molecule is COc1ccc(S(N)(=O)=O)cc1C(=O)OCc1cc(=O)oc2cc(C)c(C)cc12. The molecular weight excluding hydrogens is 398 g/mol. The zero-order chi connectivity index (χ0) is 21.3. The van der Waals surface area contributed by atoms with Crippen LogP contribution in [0.15, 0.2) is 50.5 Å². The largest absolute Gasteiger partial charge is 0.496 e. The van der Waals surface area contributed by atoms with E-state index in [1.165, 1.54) is 25.3 Å². The van der Waals surface area contributed by atoms with Crippen LogP contribution in [0, 0.1) is 13.8 Å². The molecule has 152 valence electrons. The summed E-state index contributed by atoms with van der Waals surface area (Å²) >= 11 is 0. The van der Waals surface area contributed by atoms with Crippen LogP contribution in [0.25, 0.3) is 11.0 Å². The fourth-order valence-corrected chi connectivity index (χ4v) is 3.39. The van der Waals surface area contributed by atoms with Gasteiger partial charge in [0.15, 0.2) is 0 Å². The van der Waals surface area contributed by atoms with E-state index >= 15 is 0 Å². The van der Waals surface area contributed by atoms with E-state index in [0.717, 1.165) is 17.2 Å². The molecule has 0 radical (unpaired) electrons. The number of aryl methyl sites for hydroxylation is 2. The van der Waals surface area contributed by atoms with Gasteiger partial charge in [0.05, 0.1) is 12.0 Å². The number of sulfonamides is 1. The van der Waals surface area contributed by atoms with Gasteiger partial charge in [0.2, 0.25) is 10.0 Å². The fraction of sp³-hybridized carbons (Fsp3) is 0.200. The van der Waals surface area contributed by atoms with Crippen LogP contribution in [0.3, 0.4) is 0 Å². The molecular formula is C20H19NO7S. The van der Waals surface area contributed by atoms with Crippen LogP contribution in [0.2, 0.25) is 0 Å². The number of benzene rings is 2. The van der Waals surface area contributed by atoms with E-state index in [1.807, 2.05) is 19.9 Å². The van der Waals surface area contributed by atoms with Gasteiger partial charge in [0, 0.05) is 17.0 Å². The highest BCUT2D eigenvalue weighted by atomic mass is 32.2. The molecule has 3 aromatic rings. The van der Waals surface area contributed by atoms with Gasteiger partial charge in [-0.1, -0.05) is 0 Å². The Morgan fingerprint density at radius 2 is 1.79 bits per heavy atom. The van der Waals surface area contributed by atoms with Crippen molar-refractivity contribution in [2.24, 2.45) is 5.14 Å². The van der Waals surface area contributed by atoms with Gasteiger partial charge in [-0.3, -0.25) is 0 Å². The summed E-state index contributed by atoms with van der Waals surface area (Å²) in [6, 6.07) is 8.47. The molecule has 2 aromatic carbocycles. The molecule has 0 aliphatic heterocycles. The number of ether oxygens (including phenoxy) is 2. The Labute approximate surface area is 166 Å². The second kappa shape index (κ2) is 7.69. The number of fused-ring (bicyclic) bond motifs is 1. The van der Waals surface area contributed by atoms with Gasteiger partial charge in [0.25, 0.3) is 0 Å². The lowest BCUT2D eigenvalue weighted by Gasteiger charge is -2.11. The highest BCUT2D eigenvalue weighted by molar-refractivity contribution is 7.89. The molecule has 1 heterocycles. The van der Waals surface area contributed by atoms with E-state index in [2.05, 4.69) is 0 Å². The zero-order valence-electron chi connectivity index (χ0n) is 16.0. The third-order valence-electron chi connectivity index (χ3n) is 4.52. The van der Waals surface area contributed by atoms with Gasteiger partial charge in [0.1, 0.15) is 23.5 Å². The van der Waals surface area contributed by atoms with Crippen LogP contribution < -0.4 is 15.5 Å². The monoisotopic (exact) mass is 417 g/mol. The molecule has 3 rings (SSSR count). The van der Waals surface area contributed by atoms with E-state index in [-0.39, 0.29) is 22.8 Å². The van der Waals surface area contributed by atoms with Crippen LogP contribution in [-0.4, -0.2) is 21.5 Å². The Bertz CT molecular complexity index is 1280. The van der Waals surface area contributed by atoms with E-state index < -0.39 is 21.6 Å². The third-order valence-corrected chi connectivity index (χ3v) is 5.43. The van der Waals surface area contributed by atoms with Crippen molar-refractivity contribution in [1.29, 1.82) is 0 Å². The molecule has 0 aliphatic carbocycles. The summed E-state index contributed by atoms with van der Waals surface area (Å²) in [7, 11) is -2.67. The van der Waals surface area contributed by atoms with Crippen LogP contribution in [0.4, 0.5) is 0 Å². The number of carbonyl (C=O) groups excluding carboxylic acids is 1. The average Bonchev–Trinajstić information content (AvgIpc) is 2.66. The van der Waals surface area contributed by atoms with E-state index in [1.54, 1.807) is 6.07 Å². The van der Waals surface area contributed by atoms with Gasteiger partial charge >= 0.3 is 11.6 Å². The molecule has 0 amide bonds. The molecule has 29 heavy (non-hydrogen) atoms. The molecule has 2 N–H and O–H groups in total. The van der Waals surface area contributed by atoms with Gasteiger partial charge in [-0.15, -0.1) is 0 Å². The van der Waals surface area contributed by atoms with Crippen molar-refractivity contribution < 1.29 is 27.1 Å². The Kier molecular flexibility index (Phi) is 5.45. The molecule has 0 saturated heterocycles. The first-order chi connectivity index (χ1) is 13.6. The number of nitrogens with two attached hydrogens (primary N) is 1. The lowest BCUT2D eigenvalue weighted by atomic mass is 10.0. The van der Waals surface area contributed by atoms with Crippen molar-refractivity contribution in [3.63, 3.8) is 0 Å². The van der Waals surface area contributed by atoms with Crippen LogP contribution in [-0.2, 0) is 21.4 Å². The molecule has 0 fully saturated rings. The van der Waals surface area contributed by atoms with Gasteiger partial charge in [-0.05, 0) is 55.3 Å². The number of methoxy groups -OCH3 is 1. The number of primary sulfonamides is 1. The Hall–Kier alpha value is -3.17. The molecule has 8 nitrogen and oxygen atoms in total. The molecule has 0 aliphatic rings. The van der Waals surface area contributed by atoms with E-state index in [0.29, 0.717) is 16.5 Å². The summed E-state index contributed by atoms with van der Waals surface area (Å²) in [5.41, 5.74) is 2.13. The minimum atomic E-state index is -4.01. The van der Waals surface area contributed by atoms with Crippen molar-refractivity contribution in [2.45, 2.75) is 25.3 Å². The average molecular weight is 417 g/mol. The number of hydrogen-bond acceptors (Lipinski definition) is 7. The van der Waals surface area contributed by atoms with Gasteiger partial charge in [-0.25, -0.2) is 23.1 Å². The molecule has 9 heteroatoms. The number of rotatable bonds is 5. The summed E-state index contributed by atoms with van der Waals surface area (Å²) in [6.07, 6.45) is 0. The van der Waals surface area contributed by atoms with Gasteiger partial charge in [-0.2, -0.15) is 0 Å². The molecule has 0 saturated carbocycles. The Morgan fingerprint density at radius 3 is 2.45 bits per heavy atom. The summed E-state index contributed by atoms with van der Waals surface area (Å²) in [5.74, 6) is -0.691. The second-order valence-electron chi connectivity index (χ2n) is 6.51.